The fraction of sp³-hybridized carbons (Fsp3) is 0.786. The molecule has 21 heavy (non-hydrogen) atoms. The Bertz CT molecular complexity index is 458. The highest BCUT2D eigenvalue weighted by molar-refractivity contribution is 8.00. The molecule has 1 aliphatic carbocycles. The standard InChI is InChI=1S/C14H24N4OS2/c1-3-9-15-13-18-17-12(21-13)11(19)16-10-14(20-2)7-5-4-6-8-14/h3-10H2,1-2H3,(H,15,18)(H,16,19). The Labute approximate surface area is 134 Å². The van der Waals surface area contributed by atoms with Crippen LogP contribution in [0, 0.1) is 0 Å². The van der Waals surface area contributed by atoms with Crippen LogP contribution in [-0.2, 0) is 0 Å². The summed E-state index contributed by atoms with van der Waals surface area (Å²) in [6, 6.07) is 0. The van der Waals surface area contributed by atoms with Gasteiger partial charge in [0.2, 0.25) is 10.1 Å². The van der Waals surface area contributed by atoms with Crippen LogP contribution in [0.3, 0.4) is 0 Å². The van der Waals surface area contributed by atoms with Gasteiger partial charge in [-0.15, -0.1) is 10.2 Å². The molecule has 1 aromatic heterocycles. The fourth-order valence-corrected chi connectivity index (χ4v) is 4.18. The van der Waals surface area contributed by atoms with E-state index in [4.69, 9.17) is 0 Å². The number of amides is 1. The van der Waals surface area contributed by atoms with E-state index in [-0.39, 0.29) is 10.7 Å². The highest BCUT2D eigenvalue weighted by atomic mass is 32.2. The van der Waals surface area contributed by atoms with Crippen LogP contribution in [-0.4, -0.2) is 40.2 Å². The van der Waals surface area contributed by atoms with Crippen molar-refractivity contribution < 1.29 is 4.79 Å². The number of thioether (sulfide) groups is 1. The molecule has 2 N–H and O–H groups in total. The van der Waals surface area contributed by atoms with E-state index in [9.17, 15) is 4.79 Å². The van der Waals surface area contributed by atoms with Crippen LogP contribution in [0.15, 0.2) is 0 Å². The van der Waals surface area contributed by atoms with Crippen LogP contribution in [0.4, 0.5) is 5.13 Å². The van der Waals surface area contributed by atoms with Crippen molar-refractivity contribution in [3.05, 3.63) is 5.01 Å². The third-order valence-electron chi connectivity index (χ3n) is 3.91. The molecule has 1 amide bonds. The molecule has 0 radical (unpaired) electrons. The minimum atomic E-state index is -0.101. The SMILES string of the molecule is CCCNc1nnc(C(=O)NCC2(SC)CCCCC2)s1. The van der Waals surface area contributed by atoms with E-state index in [0.29, 0.717) is 5.01 Å². The first-order valence-corrected chi connectivity index (χ1v) is 9.64. The summed E-state index contributed by atoms with van der Waals surface area (Å²) in [5.41, 5.74) is 0. The quantitative estimate of drug-likeness (QED) is 0.805. The normalized spacial score (nSPS) is 17.4. The maximum atomic E-state index is 12.2. The predicted octanol–water partition coefficient (Wildman–Crippen LogP) is 3.16. The third-order valence-corrected chi connectivity index (χ3v) is 6.21. The van der Waals surface area contributed by atoms with E-state index in [1.54, 1.807) is 0 Å². The number of hydrogen-bond acceptors (Lipinski definition) is 6. The van der Waals surface area contributed by atoms with Gasteiger partial charge in [-0.1, -0.05) is 37.5 Å². The molecular weight excluding hydrogens is 304 g/mol. The number of rotatable bonds is 7. The van der Waals surface area contributed by atoms with E-state index in [1.807, 2.05) is 11.8 Å². The molecule has 7 heteroatoms. The Hall–Kier alpha value is -0.820. The largest absolute Gasteiger partial charge is 0.360 e. The average Bonchev–Trinajstić information content (AvgIpc) is 3.00. The highest BCUT2D eigenvalue weighted by Gasteiger charge is 2.31. The van der Waals surface area contributed by atoms with Crippen molar-refractivity contribution in [1.29, 1.82) is 0 Å². The molecule has 1 saturated carbocycles. The van der Waals surface area contributed by atoms with Crippen molar-refractivity contribution in [2.75, 3.05) is 24.7 Å². The van der Waals surface area contributed by atoms with Gasteiger partial charge in [0, 0.05) is 17.8 Å². The third kappa shape index (κ3) is 4.57. The zero-order valence-corrected chi connectivity index (χ0v) is 14.4. The van der Waals surface area contributed by atoms with Crippen LogP contribution in [0.5, 0.6) is 0 Å². The number of hydrogen-bond donors (Lipinski definition) is 2. The number of nitrogens with zero attached hydrogens (tertiary/aromatic N) is 2. The Balaban J connectivity index is 1.87. The first-order chi connectivity index (χ1) is 10.2. The Morgan fingerprint density at radius 2 is 2.10 bits per heavy atom. The van der Waals surface area contributed by atoms with Gasteiger partial charge in [-0.25, -0.2) is 0 Å². The van der Waals surface area contributed by atoms with Crippen molar-refractivity contribution >= 4 is 34.1 Å². The molecule has 2 rings (SSSR count). The van der Waals surface area contributed by atoms with Gasteiger partial charge in [0.05, 0.1) is 0 Å². The minimum Gasteiger partial charge on any atom is -0.360 e. The van der Waals surface area contributed by atoms with Crippen molar-refractivity contribution in [2.24, 2.45) is 0 Å². The lowest BCUT2D eigenvalue weighted by Crippen LogP contribution is -2.41. The zero-order chi connectivity index (χ0) is 15.1. The molecule has 0 aromatic carbocycles. The van der Waals surface area contributed by atoms with Crippen LogP contribution in [0.1, 0.15) is 55.3 Å². The Morgan fingerprint density at radius 3 is 2.76 bits per heavy atom. The van der Waals surface area contributed by atoms with Crippen LogP contribution in [0.25, 0.3) is 0 Å². The van der Waals surface area contributed by atoms with Gasteiger partial charge in [0.25, 0.3) is 5.91 Å². The average molecular weight is 329 g/mol. The minimum absolute atomic E-state index is 0.101. The van der Waals surface area contributed by atoms with Gasteiger partial charge >= 0.3 is 0 Å². The Kier molecular flexibility index (Phi) is 6.29. The van der Waals surface area contributed by atoms with E-state index < -0.39 is 0 Å². The summed E-state index contributed by atoms with van der Waals surface area (Å²) >= 11 is 3.21. The number of nitrogens with one attached hydrogen (secondary N) is 2. The van der Waals surface area contributed by atoms with Crippen molar-refractivity contribution in [3.8, 4) is 0 Å². The molecule has 0 spiro atoms. The topological polar surface area (TPSA) is 66.9 Å². The van der Waals surface area contributed by atoms with Crippen molar-refractivity contribution in [3.63, 3.8) is 0 Å². The zero-order valence-electron chi connectivity index (χ0n) is 12.8. The molecule has 0 bridgehead atoms. The summed E-state index contributed by atoms with van der Waals surface area (Å²) in [6.07, 6.45) is 9.40. The van der Waals surface area contributed by atoms with Gasteiger partial charge in [0.1, 0.15) is 0 Å². The smallest absolute Gasteiger partial charge is 0.282 e. The van der Waals surface area contributed by atoms with Gasteiger partial charge < -0.3 is 10.6 Å². The second-order valence-corrected chi connectivity index (χ2v) is 7.72. The molecule has 0 unspecified atom stereocenters. The second-order valence-electron chi connectivity index (χ2n) is 5.47. The molecule has 0 aliphatic heterocycles. The molecule has 1 aromatic rings. The van der Waals surface area contributed by atoms with Crippen molar-refractivity contribution in [1.82, 2.24) is 15.5 Å². The van der Waals surface area contributed by atoms with E-state index in [0.717, 1.165) is 24.6 Å². The summed E-state index contributed by atoms with van der Waals surface area (Å²) in [5, 5.41) is 15.3. The second kappa shape index (κ2) is 7.98. The van der Waals surface area contributed by atoms with E-state index >= 15 is 0 Å². The summed E-state index contributed by atoms with van der Waals surface area (Å²) in [7, 11) is 0. The van der Waals surface area contributed by atoms with Gasteiger partial charge in [-0.2, -0.15) is 11.8 Å². The molecule has 5 nitrogen and oxygen atoms in total. The summed E-state index contributed by atoms with van der Waals surface area (Å²) in [6.45, 7) is 3.67. The number of aromatic nitrogens is 2. The first-order valence-electron chi connectivity index (χ1n) is 7.60. The monoisotopic (exact) mass is 328 g/mol. The molecule has 0 saturated heterocycles. The van der Waals surface area contributed by atoms with Gasteiger partial charge in [-0.3, -0.25) is 4.79 Å². The Morgan fingerprint density at radius 1 is 1.33 bits per heavy atom. The van der Waals surface area contributed by atoms with Gasteiger partial charge in [0.15, 0.2) is 0 Å². The number of anilines is 1. The lowest BCUT2D eigenvalue weighted by Gasteiger charge is -2.35. The maximum Gasteiger partial charge on any atom is 0.282 e. The lowest BCUT2D eigenvalue weighted by molar-refractivity contribution is 0.0946. The highest BCUT2D eigenvalue weighted by Crippen LogP contribution is 2.38. The van der Waals surface area contributed by atoms with Crippen LogP contribution in [0.2, 0.25) is 0 Å². The predicted molar refractivity (Wildman–Crippen MR) is 90.4 cm³/mol. The van der Waals surface area contributed by atoms with Crippen LogP contribution >= 0.6 is 23.1 Å². The van der Waals surface area contributed by atoms with Crippen molar-refractivity contribution in [2.45, 2.75) is 50.2 Å². The molecule has 1 fully saturated rings. The van der Waals surface area contributed by atoms with E-state index in [2.05, 4.69) is 34.0 Å². The molecule has 1 heterocycles. The summed E-state index contributed by atoms with van der Waals surface area (Å²) in [4.78, 5) is 12.2. The maximum absolute atomic E-state index is 12.2. The van der Waals surface area contributed by atoms with E-state index in [1.165, 1.54) is 43.4 Å². The summed E-state index contributed by atoms with van der Waals surface area (Å²) < 4.78 is 0.210. The molecular formula is C14H24N4OS2. The number of carbonyl (C=O) groups is 1. The fourth-order valence-electron chi connectivity index (χ4n) is 2.58. The summed E-state index contributed by atoms with van der Waals surface area (Å²) in [5.74, 6) is -0.101. The molecule has 0 atom stereocenters. The molecule has 118 valence electrons. The lowest BCUT2D eigenvalue weighted by atomic mass is 9.88. The van der Waals surface area contributed by atoms with Gasteiger partial charge in [-0.05, 0) is 25.5 Å². The number of carbonyl (C=O) groups excluding carboxylic acids is 1. The molecule has 1 aliphatic rings. The first kappa shape index (κ1) is 16.5. The van der Waals surface area contributed by atoms with Crippen LogP contribution < -0.4 is 10.6 Å².